The van der Waals surface area contributed by atoms with Gasteiger partial charge in [-0.05, 0) is 62.4 Å². The fourth-order valence-corrected chi connectivity index (χ4v) is 5.63. The van der Waals surface area contributed by atoms with Gasteiger partial charge in [0, 0.05) is 41.0 Å². The van der Waals surface area contributed by atoms with Gasteiger partial charge >= 0.3 is 6.09 Å². The number of alkyl carbamates (subject to hydrolysis) is 1. The molecule has 0 aliphatic heterocycles. The minimum atomic E-state index is -0.732. The van der Waals surface area contributed by atoms with Crippen molar-refractivity contribution in [1.29, 1.82) is 0 Å². The van der Waals surface area contributed by atoms with Crippen LogP contribution < -0.4 is 16.0 Å². The number of nitrogens with one attached hydrogen (secondary N) is 4. The van der Waals surface area contributed by atoms with Crippen molar-refractivity contribution in [1.82, 2.24) is 35.6 Å². The molecule has 1 aliphatic carbocycles. The first kappa shape index (κ1) is 31.5. The van der Waals surface area contributed by atoms with E-state index < -0.39 is 35.5 Å². The number of fused-ring (bicyclic) bond motifs is 1. The Hall–Kier alpha value is -5.53. The second-order valence-electron chi connectivity index (χ2n) is 11.3. The standard InChI is InChI=1S/C33H31F3N8O3/c1-18(23-7-2-3-8-26(23)35)41-33(46)47-17-19-9-10-37-28(11-19)32(45)43-22-6-4-5-21(13-22)42-31-27(36)16-40-30(44-31)25-15-39-29-24(25)12-20(34)14-38-29/h2-3,7-12,14-16,18,21-22H,4-6,13,17H2,1H3,(H,38,39)(H,41,46)(H,43,45)(H,40,42,44)/t18?,21-,22+/m1/s1. The average Bonchev–Trinajstić information content (AvgIpc) is 3.48. The molecular weight excluding hydrogens is 613 g/mol. The molecule has 1 unspecified atom stereocenters. The van der Waals surface area contributed by atoms with E-state index in [0.29, 0.717) is 34.1 Å². The first-order valence-corrected chi connectivity index (χ1v) is 15.1. The summed E-state index contributed by atoms with van der Waals surface area (Å²) in [6.45, 7) is 1.53. The Balaban J connectivity index is 1.04. The number of amides is 2. The number of aromatic nitrogens is 5. The van der Waals surface area contributed by atoms with Crippen molar-refractivity contribution in [3.05, 3.63) is 102 Å². The zero-order chi connectivity index (χ0) is 32.9. The number of aromatic amines is 1. The average molecular weight is 645 g/mol. The highest BCUT2D eigenvalue weighted by molar-refractivity contribution is 5.93. The number of hydrogen-bond donors (Lipinski definition) is 4. The van der Waals surface area contributed by atoms with E-state index in [2.05, 4.69) is 40.9 Å². The molecule has 2 amide bonds. The molecule has 0 spiro atoms. The van der Waals surface area contributed by atoms with Crippen molar-refractivity contribution in [3.8, 4) is 11.4 Å². The topological polar surface area (TPSA) is 147 Å². The van der Waals surface area contributed by atoms with Gasteiger partial charge in [-0.1, -0.05) is 18.2 Å². The fourth-order valence-electron chi connectivity index (χ4n) is 5.63. The van der Waals surface area contributed by atoms with E-state index in [0.717, 1.165) is 31.7 Å². The summed E-state index contributed by atoms with van der Waals surface area (Å²) >= 11 is 0. The van der Waals surface area contributed by atoms with Crippen LogP contribution in [-0.2, 0) is 11.3 Å². The summed E-state index contributed by atoms with van der Waals surface area (Å²) in [4.78, 5) is 45.0. The second-order valence-corrected chi connectivity index (χ2v) is 11.3. The number of halogens is 3. The number of ether oxygens (including phenoxy) is 1. The van der Waals surface area contributed by atoms with Gasteiger partial charge in [0.25, 0.3) is 5.91 Å². The normalized spacial score (nSPS) is 16.8. The van der Waals surface area contributed by atoms with Crippen LogP contribution in [0.25, 0.3) is 22.4 Å². The van der Waals surface area contributed by atoms with Gasteiger partial charge in [0.05, 0.1) is 18.4 Å². The van der Waals surface area contributed by atoms with Crippen molar-refractivity contribution >= 4 is 28.9 Å². The molecule has 0 saturated heterocycles. The Labute approximate surface area is 267 Å². The number of nitrogens with zero attached hydrogens (tertiary/aromatic N) is 4. The molecule has 4 N–H and O–H groups in total. The first-order chi connectivity index (χ1) is 22.7. The molecule has 1 saturated carbocycles. The van der Waals surface area contributed by atoms with Crippen LogP contribution in [0.4, 0.5) is 23.8 Å². The molecule has 242 valence electrons. The highest BCUT2D eigenvalue weighted by Crippen LogP contribution is 2.28. The van der Waals surface area contributed by atoms with Crippen LogP contribution in [0, 0.1) is 17.5 Å². The molecule has 0 radical (unpaired) electrons. The zero-order valence-corrected chi connectivity index (χ0v) is 25.3. The van der Waals surface area contributed by atoms with Crippen LogP contribution in [-0.4, -0.2) is 49.0 Å². The Morgan fingerprint density at radius 2 is 1.85 bits per heavy atom. The SMILES string of the molecule is CC(NC(=O)OCc1ccnc(C(=O)N[C@H]2CCC[C@@H](Nc3nc(-c4c[nH]c5ncc(F)cc45)ncc3F)C2)c1)c1ccccc1F. The van der Waals surface area contributed by atoms with Gasteiger partial charge in [0.2, 0.25) is 0 Å². The summed E-state index contributed by atoms with van der Waals surface area (Å²) in [7, 11) is 0. The molecule has 5 aromatic rings. The number of hydrogen-bond acceptors (Lipinski definition) is 8. The summed E-state index contributed by atoms with van der Waals surface area (Å²) in [6, 6.07) is 9.60. The predicted octanol–water partition coefficient (Wildman–Crippen LogP) is 5.97. The summed E-state index contributed by atoms with van der Waals surface area (Å²) in [5.41, 5.74) is 1.98. The van der Waals surface area contributed by atoms with Crippen LogP contribution >= 0.6 is 0 Å². The monoisotopic (exact) mass is 644 g/mol. The van der Waals surface area contributed by atoms with E-state index in [9.17, 15) is 22.8 Å². The largest absolute Gasteiger partial charge is 0.445 e. The first-order valence-electron chi connectivity index (χ1n) is 15.1. The maximum atomic E-state index is 14.8. The molecule has 0 bridgehead atoms. The third kappa shape index (κ3) is 7.48. The van der Waals surface area contributed by atoms with Crippen molar-refractivity contribution < 1.29 is 27.5 Å². The Kier molecular flexibility index (Phi) is 9.27. The maximum Gasteiger partial charge on any atom is 0.407 e. The van der Waals surface area contributed by atoms with Gasteiger partial charge in [-0.25, -0.2) is 32.9 Å². The molecule has 47 heavy (non-hydrogen) atoms. The minimum Gasteiger partial charge on any atom is -0.445 e. The number of H-pyrrole nitrogens is 1. The van der Waals surface area contributed by atoms with Gasteiger partial charge in [0.15, 0.2) is 17.5 Å². The Morgan fingerprint density at radius 1 is 1.02 bits per heavy atom. The number of carbonyl (C=O) groups is 2. The van der Waals surface area contributed by atoms with Crippen LogP contribution in [0.2, 0.25) is 0 Å². The van der Waals surface area contributed by atoms with Crippen LogP contribution in [0.3, 0.4) is 0 Å². The van der Waals surface area contributed by atoms with Crippen LogP contribution in [0.5, 0.6) is 0 Å². The lowest BCUT2D eigenvalue weighted by Crippen LogP contribution is -2.42. The lowest BCUT2D eigenvalue weighted by atomic mass is 9.91. The van der Waals surface area contributed by atoms with Crippen LogP contribution in [0.15, 0.2) is 67.3 Å². The van der Waals surface area contributed by atoms with Crippen molar-refractivity contribution in [2.75, 3.05) is 5.32 Å². The summed E-state index contributed by atoms with van der Waals surface area (Å²) in [6.07, 6.45) is 7.21. The van der Waals surface area contributed by atoms with Gasteiger partial charge in [-0.15, -0.1) is 0 Å². The molecule has 11 nitrogen and oxygen atoms in total. The van der Waals surface area contributed by atoms with E-state index in [-0.39, 0.29) is 36.0 Å². The summed E-state index contributed by atoms with van der Waals surface area (Å²) in [5.74, 6) is -1.76. The summed E-state index contributed by atoms with van der Waals surface area (Å²) < 4.78 is 47.9. The maximum absolute atomic E-state index is 14.8. The van der Waals surface area contributed by atoms with Crippen LogP contribution in [0.1, 0.15) is 60.3 Å². The second kappa shape index (κ2) is 13.8. The van der Waals surface area contributed by atoms with Gasteiger partial charge < -0.3 is 25.7 Å². The van der Waals surface area contributed by atoms with E-state index in [1.807, 2.05) is 0 Å². The van der Waals surface area contributed by atoms with Gasteiger partial charge in [-0.2, -0.15) is 0 Å². The van der Waals surface area contributed by atoms with E-state index in [1.165, 1.54) is 24.4 Å². The molecule has 3 atom stereocenters. The van der Waals surface area contributed by atoms with Crippen molar-refractivity contribution in [3.63, 3.8) is 0 Å². The molecule has 4 aromatic heterocycles. The molecule has 1 aromatic carbocycles. The van der Waals surface area contributed by atoms with Crippen molar-refractivity contribution in [2.45, 2.75) is 57.3 Å². The minimum absolute atomic E-state index is 0.00684. The van der Waals surface area contributed by atoms with E-state index >= 15 is 0 Å². The number of anilines is 1. The quantitative estimate of drug-likeness (QED) is 0.153. The van der Waals surface area contributed by atoms with E-state index in [1.54, 1.807) is 37.4 Å². The highest BCUT2D eigenvalue weighted by Gasteiger charge is 2.26. The number of benzene rings is 1. The molecule has 1 fully saturated rings. The summed E-state index contributed by atoms with van der Waals surface area (Å²) in [5, 5.41) is 9.21. The number of carbonyl (C=O) groups excluding carboxylic acids is 2. The lowest BCUT2D eigenvalue weighted by molar-refractivity contribution is 0.0921. The third-order valence-corrected chi connectivity index (χ3v) is 7.97. The van der Waals surface area contributed by atoms with E-state index in [4.69, 9.17) is 4.74 Å². The molecule has 14 heteroatoms. The van der Waals surface area contributed by atoms with Gasteiger partial charge in [0.1, 0.15) is 29.6 Å². The Morgan fingerprint density at radius 3 is 2.70 bits per heavy atom. The smallest absolute Gasteiger partial charge is 0.407 e. The lowest BCUT2D eigenvalue weighted by Gasteiger charge is -2.30. The zero-order valence-electron chi connectivity index (χ0n) is 25.3. The molecule has 6 rings (SSSR count). The number of pyridine rings is 2. The van der Waals surface area contributed by atoms with Crippen molar-refractivity contribution in [2.24, 2.45) is 0 Å². The molecule has 1 aliphatic rings. The molecule has 4 heterocycles. The third-order valence-electron chi connectivity index (χ3n) is 7.97. The highest BCUT2D eigenvalue weighted by atomic mass is 19.1. The number of rotatable bonds is 9. The molecular formula is C33H31F3N8O3. The van der Waals surface area contributed by atoms with Gasteiger partial charge in [-0.3, -0.25) is 9.78 Å². The Bertz CT molecular complexity index is 1920. The predicted molar refractivity (Wildman–Crippen MR) is 167 cm³/mol. The fraction of sp³-hybridized carbons (Fsp3) is 0.273.